The molecule has 0 bridgehead atoms. The molecule has 0 atom stereocenters. The second-order valence-corrected chi connectivity index (χ2v) is 7.62. The highest BCUT2D eigenvalue weighted by molar-refractivity contribution is 5.87. The van der Waals surface area contributed by atoms with Gasteiger partial charge in [0.1, 0.15) is 0 Å². The summed E-state index contributed by atoms with van der Waals surface area (Å²) >= 11 is 0. The lowest BCUT2D eigenvalue weighted by Gasteiger charge is -2.36. The molecule has 0 amide bonds. The van der Waals surface area contributed by atoms with Gasteiger partial charge in [0.25, 0.3) is 0 Å². The Kier molecular flexibility index (Phi) is 4.91. The van der Waals surface area contributed by atoms with E-state index < -0.39 is 5.41 Å². The Morgan fingerprint density at radius 3 is 1.37 bits per heavy atom. The van der Waals surface area contributed by atoms with Gasteiger partial charge in [-0.2, -0.15) is 0 Å². The van der Waals surface area contributed by atoms with E-state index in [1.54, 1.807) is 0 Å². The molecule has 1 radical (unpaired) electrons. The van der Waals surface area contributed by atoms with Crippen LogP contribution in [0.2, 0.25) is 0 Å². The zero-order valence-electron chi connectivity index (χ0n) is 16.8. The van der Waals surface area contributed by atoms with Crippen molar-refractivity contribution in [2.24, 2.45) is 0 Å². The van der Waals surface area contributed by atoms with Crippen LogP contribution in [0.4, 0.5) is 0 Å². The lowest BCUT2D eigenvalue weighted by molar-refractivity contribution is 0.732. The van der Waals surface area contributed by atoms with Crippen LogP contribution in [0.25, 0.3) is 10.8 Å². The molecule has 5 aromatic rings. The first-order valence-electron chi connectivity index (χ1n) is 10.4. The summed E-state index contributed by atoms with van der Waals surface area (Å²) in [4.78, 5) is 0. The van der Waals surface area contributed by atoms with Crippen molar-refractivity contribution in [3.8, 4) is 0 Å². The van der Waals surface area contributed by atoms with Gasteiger partial charge in [-0.1, -0.05) is 133 Å². The topological polar surface area (TPSA) is 0 Å². The van der Waals surface area contributed by atoms with Gasteiger partial charge in [0.2, 0.25) is 0 Å². The molecule has 0 heterocycles. The van der Waals surface area contributed by atoms with Crippen molar-refractivity contribution in [2.75, 3.05) is 0 Å². The van der Waals surface area contributed by atoms with Gasteiger partial charge in [-0.15, -0.1) is 0 Å². The predicted octanol–water partition coefficient (Wildman–Crippen LogP) is 7.43. The zero-order chi connectivity index (χ0) is 20.2. The van der Waals surface area contributed by atoms with Crippen LogP contribution in [0.5, 0.6) is 0 Å². The minimum absolute atomic E-state index is 0.395. The highest BCUT2D eigenvalue weighted by Crippen LogP contribution is 2.44. The van der Waals surface area contributed by atoms with Crippen molar-refractivity contribution in [1.29, 1.82) is 0 Å². The summed E-state index contributed by atoms with van der Waals surface area (Å²) in [6, 6.07) is 47.7. The molecule has 0 aliphatic rings. The molecule has 0 aliphatic heterocycles. The quantitative estimate of drug-likeness (QED) is 0.277. The maximum absolute atomic E-state index is 2.44. The number of benzene rings is 5. The molecule has 30 heavy (non-hydrogen) atoms. The molecule has 0 unspecified atom stereocenters. The van der Waals surface area contributed by atoms with Gasteiger partial charge in [-0.3, -0.25) is 0 Å². The molecule has 0 nitrogen and oxygen atoms in total. The Labute approximate surface area is 178 Å². The van der Waals surface area contributed by atoms with E-state index in [2.05, 4.69) is 140 Å². The van der Waals surface area contributed by atoms with Gasteiger partial charge in [0.05, 0.1) is 5.41 Å². The number of hydrogen-bond donors (Lipinski definition) is 0. The molecular formula is C30H23. The summed E-state index contributed by atoms with van der Waals surface area (Å²) in [6.07, 6.45) is 2.44. The molecular weight excluding hydrogens is 360 g/mol. The average Bonchev–Trinajstić information content (AvgIpc) is 2.84. The van der Waals surface area contributed by atoms with Crippen molar-refractivity contribution >= 4 is 10.8 Å². The minimum Gasteiger partial charge on any atom is -0.0622 e. The van der Waals surface area contributed by atoms with E-state index in [9.17, 15) is 0 Å². The van der Waals surface area contributed by atoms with Gasteiger partial charge < -0.3 is 0 Å². The van der Waals surface area contributed by atoms with Crippen LogP contribution in [0.3, 0.4) is 0 Å². The maximum Gasteiger partial charge on any atom is 0.0526 e. The van der Waals surface area contributed by atoms with E-state index in [4.69, 9.17) is 0 Å². The molecule has 0 N–H and O–H groups in total. The van der Waals surface area contributed by atoms with E-state index in [0.717, 1.165) is 0 Å². The van der Waals surface area contributed by atoms with E-state index in [-0.39, 0.29) is 0 Å². The van der Waals surface area contributed by atoms with Crippen LogP contribution in [-0.4, -0.2) is 0 Å². The van der Waals surface area contributed by atoms with Crippen LogP contribution in [0.1, 0.15) is 22.3 Å². The van der Waals surface area contributed by atoms with E-state index in [1.807, 2.05) is 0 Å². The molecule has 0 heteroatoms. The second-order valence-electron chi connectivity index (χ2n) is 7.62. The lowest BCUT2D eigenvalue weighted by Crippen LogP contribution is -2.30. The van der Waals surface area contributed by atoms with Gasteiger partial charge >= 0.3 is 0 Å². The molecule has 143 valence electrons. The van der Waals surface area contributed by atoms with Crippen molar-refractivity contribution in [1.82, 2.24) is 0 Å². The zero-order valence-corrected chi connectivity index (χ0v) is 16.8. The van der Waals surface area contributed by atoms with Crippen molar-refractivity contribution in [3.05, 3.63) is 162 Å². The van der Waals surface area contributed by atoms with Gasteiger partial charge in [-0.25, -0.2) is 0 Å². The standard InChI is InChI=1S/C30H23/c1-4-16-26(17-5-1)30(27-18-6-2-7-19-27,28-20-8-3-9-21-28)23-25-15-12-14-24-13-10-11-22-29(24)25/h1-23H. The Morgan fingerprint density at radius 1 is 0.400 bits per heavy atom. The summed E-state index contributed by atoms with van der Waals surface area (Å²) in [5.41, 5.74) is 4.62. The maximum atomic E-state index is 2.44. The van der Waals surface area contributed by atoms with Crippen LogP contribution in [0, 0.1) is 6.42 Å². The summed E-state index contributed by atoms with van der Waals surface area (Å²) in [5, 5.41) is 2.53. The molecule has 0 saturated heterocycles. The SMILES string of the molecule is [CH](c1cccc2ccccc12)C(c1ccccc1)(c1ccccc1)c1ccccc1. The average molecular weight is 384 g/mol. The van der Waals surface area contributed by atoms with Crippen molar-refractivity contribution in [3.63, 3.8) is 0 Å². The fourth-order valence-corrected chi connectivity index (χ4v) is 4.46. The Morgan fingerprint density at radius 2 is 0.833 bits per heavy atom. The van der Waals surface area contributed by atoms with E-state index in [1.165, 1.54) is 33.0 Å². The molecule has 0 spiro atoms. The fourth-order valence-electron chi connectivity index (χ4n) is 4.46. The summed E-state index contributed by atoms with van der Waals surface area (Å²) in [7, 11) is 0. The van der Waals surface area contributed by atoms with E-state index in [0.29, 0.717) is 0 Å². The Hall–Kier alpha value is -3.64. The van der Waals surface area contributed by atoms with Crippen LogP contribution < -0.4 is 0 Å². The Bertz CT molecular complexity index is 1140. The fraction of sp³-hybridized carbons (Fsp3) is 0.0333. The largest absolute Gasteiger partial charge is 0.0622 e. The number of hydrogen-bond acceptors (Lipinski definition) is 0. The third-order valence-electron chi connectivity index (χ3n) is 5.88. The first-order chi connectivity index (χ1) is 14.9. The highest BCUT2D eigenvalue weighted by Gasteiger charge is 2.37. The molecule has 0 aliphatic carbocycles. The van der Waals surface area contributed by atoms with Crippen LogP contribution in [-0.2, 0) is 5.41 Å². The molecule has 0 fully saturated rings. The predicted molar refractivity (Wildman–Crippen MR) is 127 cm³/mol. The molecule has 5 aromatic carbocycles. The highest BCUT2D eigenvalue weighted by atomic mass is 14.4. The van der Waals surface area contributed by atoms with E-state index >= 15 is 0 Å². The first-order valence-corrected chi connectivity index (χ1v) is 10.4. The minimum atomic E-state index is -0.395. The molecule has 0 aromatic heterocycles. The van der Waals surface area contributed by atoms with Crippen LogP contribution >= 0.6 is 0 Å². The second kappa shape index (κ2) is 8.00. The smallest absolute Gasteiger partial charge is 0.0526 e. The monoisotopic (exact) mass is 383 g/mol. The van der Waals surface area contributed by atoms with Crippen molar-refractivity contribution in [2.45, 2.75) is 5.41 Å². The van der Waals surface area contributed by atoms with Gasteiger partial charge in [-0.05, 0) is 33.0 Å². The first kappa shape index (κ1) is 18.4. The van der Waals surface area contributed by atoms with Crippen LogP contribution in [0.15, 0.2) is 133 Å². The third kappa shape index (κ3) is 3.21. The summed E-state index contributed by atoms with van der Waals surface area (Å²) in [5.74, 6) is 0. The third-order valence-corrected chi connectivity index (χ3v) is 5.88. The van der Waals surface area contributed by atoms with Gasteiger partial charge in [0, 0.05) is 6.42 Å². The molecule has 5 rings (SSSR count). The normalized spacial score (nSPS) is 11.5. The summed E-state index contributed by atoms with van der Waals surface area (Å²) < 4.78 is 0. The summed E-state index contributed by atoms with van der Waals surface area (Å²) in [6.45, 7) is 0. The number of rotatable bonds is 5. The van der Waals surface area contributed by atoms with Crippen molar-refractivity contribution < 1.29 is 0 Å². The Balaban J connectivity index is 1.82. The number of fused-ring (bicyclic) bond motifs is 1. The van der Waals surface area contributed by atoms with Gasteiger partial charge in [0.15, 0.2) is 0 Å². The molecule has 0 saturated carbocycles. The lowest BCUT2D eigenvalue weighted by atomic mass is 9.66.